The number of hydrogen-bond acceptors (Lipinski definition) is 4. The van der Waals surface area contributed by atoms with E-state index in [1.165, 1.54) is 22.3 Å². The molecule has 0 aromatic heterocycles. The average Bonchev–Trinajstić information content (AvgIpc) is 3.06. The first kappa shape index (κ1) is 32.3. The van der Waals surface area contributed by atoms with Gasteiger partial charge in [0.25, 0.3) is 0 Å². The van der Waals surface area contributed by atoms with Crippen LogP contribution in [0.3, 0.4) is 0 Å². The number of benzene rings is 2. The predicted molar refractivity (Wildman–Crippen MR) is 169 cm³/mol. The van der Waals surface area contributed by atoms with Crippen LogP contribution in [-0.4, -0.2) is 27.6 Å². The summed E-state index contributed by atoms with van der Waals surface area (Å²) in [7, 11) is 3.40. The molecular formula is C38H48F2N2O2. The van der Waals surface area contributed by atoms with E-state index in [4.69, 9.17) is 9.47 Å². The lowest BCUT2D eigenvalue weighted by atomic mass is 9.54. The molecule has 44 heavy (non-hydrogen) atoms. The summed E-state index contributed by atoms with van der Waals surface area (Å²) in [5, 5.41) is 18.4. The van der Waals surface area contributed by atoms with Gasteiger partial charge >= 0.3 is 0 Å². The highest BCUT2D eigenvalue weighted by Gasteiger charge is 2.49. The van der Waals surface area contributed by atoms with Gasteiger partial charge in [-0.1, -0.05) is 26.0 Å². The van der Waals surface area contributed by atoms with Gasteiger partial charge in [0.1, 0.15) is 11.5 Å². The Morgan fingerprint density at radius 3 is 1.45 bits per heavy atom. The predicted octanol–water partition coefficient (Wildman–Crippen LogP) is 9.28. The van der Waals surface area contributed by atoms with E-state index in [1.807, 2.05) is 26.0 Å². The topological polar surface area (TPSA) is 66.0 Å². The molecule has 6 rings (SSSR count). The smallest absolute Gasteiger partial charge is 0.119 e. The van der Waals surface area contributed by atoms with Crippen LogP contribution in [0.1, 0.15) is 99.3 Å². The molecule has 0 bridgehead atoms. The molecule has 0 unspecified atom stereocenters. The van der Waals surface area contributed by atoms with Crippen LogP contribution in [-0.2, 0) is 12.8 Å². The number of methoxy groups -OCH3 is 2. The van der Waals surface area contributed by atoms with Gasteiger partial charge in [0, 0.05) is 23.7 Å². The van der Waals surface area contributed by atoms with Crippen LogP contribution in [0.5, 0.6) is 11.5 Å². The zero-order valence-corrected chi connectivity index (χ0v) is 26.9. The zero-order valence-electron chi connectivity index (χ0n) is 26.9. The van der Waals surface area contributed by atoms with Crippen molar-refractivity contribution in [2.24, 2.45) is 34.5 Å². The highest BCUT2D eigenvalue weighted by Crippen LogP contribution is 2.57. The van der Waals surface area contributed by atoms with Crippen LogP contribution in [0.25, 0.3) is 0 Å². The van der Waals surface area contributed by atoms with Crippen molar-refractivity contribution >= 4 is 0 Å². The monoisotopic (exact) mass is 602 g/mol. The van der Waals surface area contributed by atoms with Crippen molar-refractivity contribution in [1.82, 2.24) is 0 Å². The van der Waals surface area contributed by atoms with E-state index in [-0.39, 0.29) is 36.0 Å². The molecule has 4 nitrogen and oxygen atoms in total. The number of aryl methyl sites for hydroxylation is 2. The number of fused-ring (bicyclic) bond motifs is 6. The lowest BCUT2D eigenvalue weighted by Crippen LogP contribution is -2.43. The molecule has 4 aliphatic rings. The third-order valence-corrected chi connectivity index (χ3v) is 12.1. The second-order valence-electron chi connectivity index (χ2n) is 14.3. The van der Waals surface area contributed by atoms with Crippen molar-refractivity contribution in [2.75, 3.05) is 27.6 Å². The summed E-state index contributed by atoms with van der Waals surface area (Å²) in [5.41, 5.74) is 4.92. The molecule has 236 valence electrons. The van der Waals surface area contributed by atoms with Gasteiger partial charge < -0.3 is 9.47 Å². The van der Waals surface area contributed by atoms with E-state index in [2.05, 4.69) is 36.4 Å². The molecule has 2 aromatic carbocycles. The summed E-state index contributed by atoms with van der Waals surface area (Å²) in [4.78, 5) is 0. The Kier molecular flexibility index (Phi) is 9.89. The summed E-state index contributed by atoms with van der Waals surface area (Å²) >= 11 is 0. The van der Waals surface area contributed by atoms with Crippen molar-refractivity contribution < 1.29 is 18.3 Å². The second kappa shape index (κ2) is 13.5. The van der Waals surface area contributed by atoms with Crippen molar-refractivity contribution in [1.29, 1.82) is 10.5 Å². The van der Waals surface area contributed by atoms with Gasteiger partial charge in [0.2, 0.25) is 0 Å². The minimum atomic E-state index is -0.319. The Labute approximate surface area is 262 Å². The first-order valence-electron chi connectivity index (χ1n) is 16.4. The molecule has 2 fully saturated rings. The Bertz CT molecular complexity index is 1290. The molecule has 0 heterocycles. The molecule has 8 atom stereocenters. The van der Waals surface area contributed by atoms with Gasteiger partial charge in [0.05, 0.1) is 39.7 Å². The van der Waals surface area contributed by atoms with E-state index >= 15 is 0 Å². The van der Waals surface area contributed by atoms with Gasteiger partial charge in [-0.25, -0.2) is 0 Å². The molecule has 0 radical (unpaired) electrons. The lowest BCUT2D eigenvalue weighted by Gasteiger charge is -2.50. The number of halogens is 2. The molecule has 0 spiro atoms. The summed E-state index contributed by atoms with van der Waals surface area (Å²) in [6.45, 7) is 3.46. The highest BCUT2D eigenvalue weighted by molar-refractivity contribution is 5.41. The van der Waals surface area contributed by atoms with Crippen LogP contribution in [0.15, 0.2) is 36.4 Å². The van der Waals surface area contributed by atoms with Crippen LogP contribution in [0.2, 0.25) is 0 Å². The first-order valence-corrected chi connectivity index (χ1v) is 16.4. The second-order valence-corrected chi connectivity index (χ2v) is 14.3. The van der Waals surface area contributed by atoms with Crippen LogP contribution in [0, 0.1) is 57.2 Å². The number of alkyl halides is 2. The van der Waals surface area contributed by atoms with Gasteiger partial charge in [-0.3, -0.25) is 8.78 Å². The van der Waals surface area contributed by atoms with Gasteiger partial charge in [-0.05, 0) is 133 Å². The van der Waals surface area contributed by atoms with Gasteiger partial charge in [0.15, 0.2) is 0 Å². The third kappa shape index (κ3) is 5.94. The molecule has 2 aromatic rings. The number of nitrogens with zero attached hydrogens (tertiary/aromatic N) is 2. The fourth-order valence-corrected chi connectivity index (χ4v) is 9.48. The van der Waals surface area contributed by atoms with Crippen LogP contribution >= 0.6 is 0 Å². The van der Waals surface area contributed by atoms with E-state index < -0.39 is 0 Å². The molecule has 6 heteroatoms. The minimum Gasteiger partial charge on any atom is -0.497 e. The summed E-state index contributed by atoms with van der Waals surface area (Å²) in [6.07, 6.45) is 8.93. The molecule has 0 aliphatic heterocycles. The molecule has 0 amide bonds. The summed E-state index contributed by atoms with van der Waals surface area (Å²) in [6, 6.07) is 17.4. The number of rotatable bonds is 6. The minimum absolute atomic E-state index is 0.177. The summed E-state index contributed by atoms with van der Waals surface area (Å²) < 4.78 is 38.0. The highest BCUT2D eigenvalue weighted by atomic mass is 19.1. The molecular weight excluding hydrogens is 554 g/mol. The van der Waals surface area contributed by atoms with E-state index in [9.17, 15) is 19.3 Å². The molecule has 2 saturated carbocycles. The normalized spacial score (nSPS) is 33.5. The van der Waals surface area contributed by atoms with Crippen molar-refractivity contribution in [3.63, 3.8) is 0 Å². The van der Waals surface area contributed by atoms with E-state index in [1.54, 1.807) is 14.2 Å². The fourth-order valence-electron chi connectivity index (χ4n) is 9.48. The standard InChI is InChI=1S/2C19H24FNO/c2*1-19(12-20)9-7-16-15-6-4-14(22-2)11-13(15)3-5-17(16)18(19)8-10-21/h2*4,6,11,16-18H,3,5,7-9,12H2,1-2H3/t2*16-,17-,18+,19-/m00/s1. The van der Waals surface area contributed by atoms with E-state index in [0.717, 1.165) is 62.9 Å². The van der Waals surface area contributed by atoms with Crippen LogP contribution < -0.4 is 9.47 Å². The molecule has 0 saturated heterocycles. The Hall–Kier alpha value is -3.12. The van der Waals surface area contributed by atoms with Gasteiger partial charge in [-0.15, -0.1) is 0 Å². The fraction of sp³-hybridized carbons (Fsp3) is 0.632. The zero-order chi connectivity index (χ0) is 31.5. The SMILES string of the molecule is COc1ccc2c(c1)CC[C@@H]1[C@@H](CC#N)[C@](C)(CF)CC[C@@H]21.COc1ccc2c(c1)CC[C@@H]1[C@@H](CC#N)[C@](C)(CF)CC[C@@H]21. The maximum Gasteiger partial charge on any atom is 0.119 e. The number of nitriles is 2. The molecule has 0 N–H and O–H groups in total. The maximum absolute atomic E-state index is 13.7. The van der Waals surface area contributed by atoms with Crippen molar-refractivity contribution in [3.05, 3.63) is 58.7 Å². The van der Waals surface area contributed by atoms with Crippen LogP contribution in [0.4, 0.5) is 8.78 Å². The quantitative estimate of drug-likeness (QED) is 0.331. The number of hydrogen-bond donors (Lipinski definition) is 0. The number of ether oxygens (including phenoxy) is 2. The first-order chi connectivity index (χ1) is 21.2. The average molecular weight is 603 g/mol. The summed E-state index contributed by atoms with van der Waals surface area (Å²) in [5.74, 6) is 4.02. The van der Waals surface area contributed by atoms with E-state index in [0.29, 0.717) is 36.5 Å². The van der Waals surface area contributed by atoms with Crippen molar-refractivity contribution in [2.45, 2.75) is 89.9 Å². The van der Waals surface area contributed by atoms with Crippen molar-refractivity contribution in [3.8, 4) is 23.6 Å². The Morgan fingerprint density at radius 1 is 0.705 bits per heavy atom. The van der Waals surface area contributed by atoms with Gasteiger partial charge in [-0.2, -0.15) is 10.5 Å². The Morgan fingerprint density at radius 2 is 1.11 bits per heavy atom. The Balaban J connectivity index is 0.000000175. The lowest BCUT2D eigenvalue weighted by molar-refractivity contribution is 0.0147. The largest absolute Gasteiger partial charge is 0.497 e. The molecule has 4 aliphatic carbocycles. The third-order valence-electron chi connectivity index (χ3n) is 12.1. The maximum atomic E-state index is 13.7.